The highest BCUT2D eigenvalue weighted by Gasteiger charge is 2.46. The van der Waals surface area contributed by atoms with Gasteiger partial charge in [0.15, 0.2) is 11.5 Å². The lowest BCUT2D eigenvalue weighted by Crippen LogP contribution is -2.32. The van der Waals surface area contributed by atoms with E-state index < -0.39 is 17.7 Å². The van der Waals surface area contributed by atoms with Crippen molar-refractivity contribution >= 4 is 17.4 Å². The van der Waals surface area contributed by atoms with Gasteiger partial charge in [-0.15, -0.1) is 0 Å². The molecule has 0 aromatic heterocycles. The summed E-state index contributed by atoms with van der Waals surface area (Å²) in [6.07, 6.45) is 0.691. The molecule has 7 nitrogen and oxygen atoms in total. The molecule has 0 spiro atoms. The third-order valence-electron chi connectivity index (χ3n) is 5.75. The number of ketones is 1. The van der Waals surface area contributed by atoms with E-state index in [9.17, 15) is 14.7 Å². The van der Waals surface area contributed by atoms with Gasteiger partial charge in [0.2, 0.25) is 0 Å². The number of Topliss-reactive ketones (excluding diaryl/α,β-unsaturated/α-hetero) is 1. The van der Waals surface area contributed by atoms with Crippen LogP contribution in [0.3, 0.4) is 0 Å². The van der Waals surface area contributed by atoms with Crippen molar-refractivity contribution in [3.63, 3.8) is 0 Å². The molecule has 0 radical (unpaired) electrons. The quantitative estimate of drug-likeness (QED) is 0.322. The van der Waals surface area contributed by atoms with E-state index in [2.05, 4.69) is 0 Å². The minimum Gasteiger partial charge on any atom is -0.507 e. The molecule has 0 aliphatic carbocycles. The molecule has 0 unspecified atom stereocenters. The zero-order valence-corrected chi connectivity index (χ0v) is 20.6. The lowest BCUT2D eigenvalue weighted by molar-refractivity contribution is -0.139. The van der Waals surface area contributed by atoms with Gasteiger partial charge in [-0.1, -0.05) is 35.9 Å². The second-order valence-electron chi connectivity index (χ2n) is 8.59. The van der Waals surface area contributed by atoms with Crippen molar-refractivity contribution < 1.29 is 24.2 Å². The Morgan fingerprint density at radius 1 is 1.00 bits per heavy atom. The van der Waals surface area contributed by atoms with Crippen molar-refractivity contribution in [2.24, 2.45) is 0 Å². The van der Waals surface area contributed by atoms with E-state index >= 15 is 0 Å². The average Bonchev–Trinajstić information content (AvgIpc) is 3.05. The summed E-state index contributed by atoms with van der Waals surface area (Å²) in [4.78, 5) is 29.9. The number of ether oxygens (including phenoxy) is 2. The number of aliphatic hydroxyl groups excluding tert-OH is 1. The number of hydrogen-bond donors (Lipinski definition) is 1. The molecule has 182 valence electrons. The van der Waals surface area contributed by atoms with Crippen molar-refractivity contribution in [2.75, 3.05) is 40.4 Å². The zero-order chi connectivity index (χ0) is 24.8. The molecule has 1 aliphatic rings. The van der Waals surface area contributed by atoms with Crippen LogP contribution >= 0.6 is 0 Å². The molecule has 1 N–H and O–H groups in total. The van der Waals surface area contributed by atoms with Gasteiger partial charge in [0.1, 0.15) is 5.76 Å². The molecule has 1 fully saturated rings. The first-order chi connectivity index (χ1) is 16.3. The highest BCUT2D eigenvalue weighted by atomic mass is 16.5. The van der Waals surface area contributed by atoms with Crippen LogP contribution in [0, 0.1) is 6.92 Å². The van der Waals surface area contributed by atoms with Crippen LogP contribution in [0.25, 0.3) is 5.76 Å². The summed E-state index contributed by atoms with van der Waals surface area (Å²) in [7, 11) is 3.92. The van der Waals surface area contributed by atoms with Gasteiger partial charge in [-0.3, -0.25) is 9.59 Å². The summed E-state index contributed by atoms with van der Waals surface area (Å²) in [6, 6.07) is 11.9. The fourth-order valence-electron chi connectivity index (χ4n) is 4.12. The van der Waals surface area contributed by atoms with E-state index in [-0.39, 0.29) is 11.3 Å². The number of hydrogen-bond acceptors (Lipinski definition) is 6. The molecular formula is C27H34N2O5. The SMILES string of the molecule is CCOc1ccc([C@H]2/C(=C(\O)c3ccc(C)cc3)C(=O)C(=O)N2CCCN(C)C)cc1OCC. The predicted octanol–water partition coefficient (Wildman–Crippen LogP) is 4.17. The standard InChI is InChI=1S/C27H34N2O5/c1-6-33-21-14-13-20(17-22(21)34-7-2)24-23(25(30)19-11-9-18(3)10-12-19)26(31)27(32)29(24)16-8-15-28(4)5/h9-14,17,24,30H,6-8,15-16H2,1-5H3/b25-23+/t24-/m0/s1. The van der Waals surface area contributed by atoms with Crippen molar-refractivity contribution in [3.8, 4) is 11.5 Å². The van der Waals surface area contributed by atoms with Gasteiger partial charge in [-0.2, -0.15) is 0 Å². The molecule has 2 aromatic carbocycles. The smallest absolute Gasteiger partial charge is 0.295 e. The minimum atomic E-state index is -0.724. The first kappa shape index (κ1) is 25.3. The van der Waals surface area contributed by atoms with Crippen LogP contribution in [0.2, 0.25) is 0 Å². The summed E-state index contributed by atoms with van der Waals surface area (Å²) in [5.41, 5.74) is 2.30. The van der Waals surface area contributed by atoms with Crippen molar-refractivity contribution in [1.82, 2.24) is 9.80 Å². The van der Waals surface area contributed by atoms with Crippen LogP contribution in [-0.2, 0) is 9.59 Å². The Bertz CT molecular complexity index is 1060. The minimum absolute atomic E-state index is 0.0883. The lowest BCUT2D eigenvalue weighted by atomic mass is 9.94. The van der Waals surface area contributed by atoms with Gasteiger partial charge < -0.3 is 24.4 Å². The van der Waals surface area contributed by atoms with E-state index in [0.29, 0.717) is 48.8 Å². The number of benzene rings is 2. The van der Waals surface area contributed by atoms with E-state index in [1.165, 1.54) is 0 Å². The Balaban J connectivity index is 2.13. The molecule has 1 amide bonds. The molecule has 0 bridgehead atoms. The summed E-state index contributed by atoms with van der Waals surface area (Å²) in [6.45, 7) is 7.79. The van der Waals surface area contributed by atoms with Gasteiger partial charge >= 0.3 is 0 Å². The maximum Gasteiger partial charge on any atom is 0.295 e. The maximum atomic E-state index is 13.2. The average molecular weight is 467 g/mol. The fourth-order valence-corrected chi connectivity index (χ4v) is 4.12. The largest absolute Gasteiger partial charge is 0.507 e. The van der Waals surface area contributed by atoms with Gasteiger partial charge in [0.05, 0.1) is 24.8 Å². The van der Waals surface area contributed by atoms with Crippen molar-refractivity contribution in [1.29, 1.82) is 0 Å². The van der Waals surface area contributed by atoms with E-state index in [0.717, 1.165) is 12.1 Å². The highest BCUT2D eigenvalue weighted by molar-refractivity contribution is 6.46. The fraction of sp³-hybridized carbons (Fsp3) is 0.407. The van der Waals surface area contributed by atoms with Crippen LogP contribution in [0.5, 0.6) is 11.5 Å². The molecule has 34 heavy (non-hydrogen) atoms. The Kier molecular flexibility index (Phi) is 8.34. The Morgan fingerprint density at radius 2 is 1.65 bits per heavy atom. The second kappa shape index (κ2) is 11.2. The van der Waals surface area contributed by atoms with Gasteiger partial charge in [0, 0.05) is 12.1 Å². The summed E-state index contributed by atoms with van der Waals surface area (Å²) in [5, 5.41) is 11.2. The Labute approximate surface area is 201 Å². The van der Waals surface area contributed by atoms with Crippen molar-refractivity contribution in [2.45, 2.75) is 33.2 Å². The number of likely N-dealkylation sites (tertiary alicyclic amines) is 1. The van der Waals surface area contributed by atoms with Crippen LogP contribution in [0.1, 0.15) is 43.0 Å². The molecule has 2 aromatic rings. The number of carbonyl (C=O) groups is 2. The first-order valence-corrected chi connectivity index (χ1v) is 11.7. The van der Waals surface area contributed by atoms with Crippen LogP contribution in [0.4, 0.5) is 0 Å². The predicted molar refractivity (Wildman–Crippen MR) is 132 cm³/mol. The summed E-state index contributed by atoms with van der Waals surface area (Å²) >= 11 is 0. The maximum absolute atomic E-state index is 13.2. The van der Waals surface area contributed by atoms with Gasteiger partial charge in [-0.25, -0.2) is 0 Å². The second-order valence-corrected chi connectivity index (χ2v) is 8.59. The molecule has 0 saturated carbocycles. The summed E-state index contributed by atoms with van der Waals surface area (Å²) in [5.74, 6) is -0.332. The molecule has 3 rings (SSSR count). The third-order valence-corrected chi connectivity index (χ3v) is 5.75. The summed E-state index contributed by atoms with van der Waals surface area (Å²) < 4.78 is 11.5. The lowest BCUT2D eigenvalue weighted by Gasteiger charge is -2.26. The molecular weight excluding hydrogens is 432 g/mol. The first-order valence-electron chi connectivity index (χ1n) is 11.7. The number of carbonyl (C=O) groups excluding carboxylic acids is 2. The number of nitrogens with zero attached hydrogens (tertiary/aromatic N) is 2. The normalized spacial score (nSPS) is 17.5. The molecule has 1 saturated heterocycles. The highest BCUT2D eigenvalue weighted by Crippen LogP contribution is 2.42. The van der Waals surface area contributed by atoms with E-state index in [1.807, 2.05) is 58.0 Å². The molecule has 1 heterocycles. The zero-order valence-electron chi connectivity index (χ0n) is 20.6. The third kappa shape index (κ3) is 5.42. The van der Waals surface area contributed by atoms with E-state index in [1.54, 1.807) is 29.2 Å². The number of aliphatic hydroxyl groups is 1. The van der Waals surface area contributed by atoms with Gasteiger partial charge in [0.25, 0.3) is 11.7 Å². The molecule has 1 aliphatic heterocycles. The van der Waals surface area contributed by atoms with Crippen LogP contribution in [0.15, 0.2) is 48.0 Å². The number of amides is 1. The number of rotatable bonds is 10. The Hall–Kier alpha value is -3.32. The van der Waals surface area contributed by atoms with Gasteiger partial charge in [-0.05, 0) is 65.5 Å². The molecule has 7 heteroatoms. The monoisotopic (exact) mass is 466 g/mol. The Morgan fingerprint density at radius 3 is 2.26 bits per heavy atom. The van der Waals surface area contributed by atoms with E-state index in [4.69, 9.17) is 9.47 Å². The van der Waals surface area contributed by atoms with Crippen molar-refractivity contribution in [3.05, 3.63) is 64.7 Å². The molecule has 1 atom stereocenters. The number of aryl methyl sites for hydroxylation is 1. The topological polar surface area (TPSA) is 79.3 Å². The van der Waals surface area contributed by atoms with Crippen LogP contribution < -0.4 is 9.47 Å². The van der Waals surface area contributed by atoms with Crippen LogP contribution in [-0.4, -0.2) is 67.0 Å².